The van der Waals surface area contributed by atoms with Crippen LogP contribution in [-0.4, -0.2) is 66.1 Å². The van der Waals surface area contributed by atoms with Gasteiger partial charge in [0.1, 0.15) is 5.69 Å². The molecule has 6 rings (SSSR count). The minimum absolute atomic E-state index is 0.459. The Morgan fingerprint density at radius 2 is 2.03 bits per heavy atom. The Hall–Kier alpha value is -3.83. The van der Waals surface area contributed by atoms with Crippen molar-refractivity contribution in [2.45, 2.75) is 6.54 Å². The van der Waals surface area contributed by atoms with Crippen LogP contribution in [0.15, 0.2) is 47.2 Å². The number of H-pyrrole nitrogens is 1. The van der Waals surface area contributed by atoms with Crippen LogP contribution in [-0.2, 0) is 11.3 Å². The lowest BCUT2D eigenvalue weighted by Gasteiger charge is -2.24. The van der Waals surface area contributed by atoms with Gasteiger partial charge in [-0.2, -0.15) is 10.1 Å². The number of morpholine rings is 1. The number of nitrogens with one attached hydrogen (secondary N) is 2. The van der Waals surface area contributed by atoms with Gasteiger partial charge in [0.2, 0.25) is 11.7 Å². The molecule has 1 aliphatic rings. The highest BCUT2D eigenvalue weighted by Gasteiger charge is 2.18. The van der Waals surface area contributed by atoms with Crippen molar-refractivity contribution in [3.8, 4) is 11.5 Å². The predicted molar refractivity (Wildman–Crippen MR) is 112 cm³/mol. The van der Waals surface area contributed by atoms with Gasteiger partial charge in [0, 0.05) is 24.2 Å². The average molecular weight is 417 g/mol. The van der Waals surface area contributed by atoms with Gasteiger partial charge in [-0.1, -0.05) is 5.16 Å². The lowest BCUT2D eigenvalue weighted by molar-refractivity contribution is 0.0297. The molecule has 1 fully saturated rings. The lowest BCUT2D eigenvalue weighted by Crippen LogP contribution is -2.35. The van der Waals surface area contributed by atoms with Crippen molar-refractivity contribution in [3.63, 3.8) is 0 Å². The summed E-state index contributed by atoms with van der Waals surface area (Å²) in [6.45, 7) is 3.76. The number of imidazole rings is 1. The summed E-state index contributed by atoms with van der Waals surface area (Å²) in [4.78, 5) is 11.2. The first-order valence-electron chi connectivity index (χ1n) is 10.00. The molecule has 11 nitrogen and oxygen atoms in total. The van der Waals surface area contributed by atoms with E-state index < -0.39 is 0 Å². The third-order valence-electron chi connectivity index (χ3n) is 5.23. The van der Waals surface area contributed by atoms with Gasteiger partial charge < -0.3 is 14.6 Å². The molecule has 0 radical (unpaired) electrons. The number of aromatic amines is 1. The Labute approximate surface area is 176 Å². The molecule has 31 heavy (non-hydrogen) atoms. The first-order valence-corrected chi connectivity index (χ1v) is 10.00. The Balaban J connectivity index is 1.27. The molecular formula is C20H19N9O2. The summed E-state index contributed by atoms with van der Waals surface area (Å²) in [5.41, 5.74) is 3.26. The van der Waals surface area contributed by atoms with Crippen LogP contribution in [0.1, 0.15) is 5.89 Å². The quantitative estimate of drug-likeness (QED) is 0.443. The highest BCUT2D eigenvalue weighted by Crippen LogP contribution is 2.22. The molecule has 1 aromatic carbocycles. The smallest absolute Gasteiger partial charge is 0.241 e. The van der Waals surface area contributed by atoms with E-state index in [0.717, 1.165) is 42.9 Å². The van der Waals surface area contributed by atoms with Crippen LogP contribution in [0, 0.1) is 0 Å². The molecule has 2 N–H and O–H groups in total. The molecule has 1 aliphatic heterocycles. The Bertz CT molecular complexity index is 1350. The Kier molecular flexibility index (Phi) is 4.32. The van der Waals surface area contributed by atoms with E-state index in [9.17, 15) is 0 Å². The van der Waals surface area contributed by atoms with Crippen LogP contribution in [0.25, 0.3) is 28.1 Å². The predicted octanol–water partition coefficient (Wildman–Crippen LogP) is 2.23. The topological polar surface area (TPSA) is 122 Å². The van der Waals surface area contributed by atoms with Crippen LogP contribution in [0.2, 0.25) is 0 Å². The number of benzene rings is 1. The first-order chi connectivity index (χ1) is 15.3. The second-order valence-electron chi connectivity index (χ2n) is 7.33. The van der Waals surface area contributed by atoms with Gasteiger partial charge in [0.15, 0.2) is 11.5 Å². The van der Waals surface area contributed by atoms with Gasteiger partial charge in [-0.15, -0.1) is 5.10 Å². The van der Waals surface area contributed by atoms with Crippen LogP contribution in [0.3, 0.4) is 0 Å². The normalized spacial score (nSPS) is 15.1. The summed E-state index contributed by atoms with van der Waals surface area (Å²) in [6.07, 6.45) is 3.49. The number of rotatable bonds is 5. The number of hydrogen-bond acceptors (Lipinski definition) is 9. The standard InChI is InChI=1S/C20H19N9O2/c1-2-15-13(10-22-25-15)9-14(1)23-17-3-4-18-21-11-16(29(18)26-17)20-24-19(31-27-20)12-28-5-7-30-8-6-28/h1-4,9-11H,5-8,12H2,(H,22,25)(H,23,26). The SMILES string of the molecule is c1cc2[nH]ncc2cc1Nc1ccc2ncc(-c3noc(CN4CCOCC4)n3)n2n1. The zero-order valence-corrected chi connectivity index (χ0v) is 16.5. The molecule has 4 aromatic heterocycles. The van der Waals surface area contributed by atoms with Gasteiger partial charge in [0.25, 0.3) is 0 Å². The molecule has 5 aromatic rings. The minimum atomic E-state index is 0.459. The maximum Gasteiger partial charge on any atom is 0.241 e. The zero-order chi connectivity index (χ0) is 20.6. The fraction of sp³-hybridized carbons (Fsp3) is 0.250. The van der Waals surface area contributed by atoms with Crippen molar-refractivity contribution in [1.29, 1.82) is 0 Å². The molecule has 0 atom stereocenters. The van der Waals surface area contributed by atoms with Crippen LogP contribution in [0.4, 0.5) is 11.5 Å². The number of fused-ring (bicyclic) bond motifs is 2. The van der Waals surface area contributed by atoms with Crippen molar-refractivity contribution in [2.24, 2.45) is 0 Å². The Morgan fingerprint density at radius 1 is 1.10 bits per heavy atom. The third kappa shape index (κ3) is 3.49. The van der Waals surface area contributed by atoms with E-state index >= 15 is 0 Å². The van der Waals surface area contributed by atoms with E-state index in [4.69, 9.17) is 9.26 Å². The van der Waals surface area contributed by atoms with E-state index in [-0.39, 0.29) is 0 Å². The molecule has 0 unspecified atom stereocenters. The summed E-state index contributed by atoms with van der Waals surface area (Å²) >= 11 is 0. The highest BCUT2D eigenvalue weighted by molar-refractivity contribution is 5.82. The van der Waals surface area contributed by atoms with E-state index in [1.54, 1.807) is 16.9 Å². The second-order valence-corrected chi connectivity index (χ2v) is 7.33. The van der Waals surface area contributed by atoms with E-state index in [1.807, 2.05) is 30.3 Å². The Morgan fingerprint density at radius 3 is 2.97 bits per heavy atom. The number of ether oxygens (including phenoxy) is 1. The fourth-order valence-corrected chi connectivity index (χ4v) is 3.63. The maximum absolute atomic E-state index is 5.46. The second kappa shape index (κ2) is 7.45. The van der Waals surface area contributed by atoms with Crippen molar-refractivity contribution in [1.82, 2.24) is 39.8 Å². The highest BCUT2D eigenvalue weighted by atomic mass is 16.5. The number of hydrogen-bond donors (Lipinski definition) is 2. The van der Waals surface area contributed by atoms with Gasteiger partial charge in [-0.3, -0.25) is 10.00 Å². The fourth-order valence-electron chi connectivity index (χ4n) is 3.63. The molecule has 0 spiro atoms. The van der Waals surface area contributed by atoms with Gasteiger partial charge in [-0.05, 0) is 30.3 Å². The van der Waals surface area contributed by atoms with E-state index in [1.165, 1.54) is 0 Å². The minimum Gasteiger partial charge on any atom is -0.379 e. The van der Waals surface area contributed by atoms with E-state index in [0.29, 0.717) is 35.4 Å². The summed E-state index contributed by atoms with van der Waals surface area (Å²) in [5, 5.41) is 20.2. The van der Waals surface area contributed by atoms with E-state index in [2.05, 4.69) is 40.6 Å². The zero-order valence-electron chi connectivity index (χ0n) is 16.5. The molecule has 0 aliphatic carbocycles. The molecule has 1 saturated heterocycles. The largest absolute Gasteiger partial charge is 0.379 e. The number of anilines is 2. The summed E-state index contributed by atoms with van der Waals surface area (Å²) < 4.78 is 12.6. The van der Waals surface area contributed by atoms with Gasteiger partial charge >= 0.3 is 0 Å². The molecular weight excluding hydrogens is 398 g/mol. The average Bonchev–Trinajstić information content (AvgIpc) is 3.53. The maximum atomic E-state index is 5.46. The molecule has 11 heteroatoms. The molecule has 5 heterocycles. The molecule has 0 bridgehead atoms. The third-order valence-corrected chi connectivity index (χ3v) is 5.23. The van der Waals surface area contributed by atoms with Crippen LogP contribution < -0.4 is 5.32 Å². The van der Waals surface area contributed by atoms with Crippen LogP contribution in [0.5, 0.6) is 0 Å². The number of nitrogens with zero attached hydrogens (tertiary/aromatic N) is 7. The summed E-state index contributed by atoms with van der Waals surface area (Å²) in [7, 11) is 0. The van der Waals surface area contributed by atoms with Crippen molar-refractivity contribution < 1.29 is 9.26 Å². The van der Waals surface area contributed by atoms with Gasteiger partial charge in [0.05, 0.1) is 37.7 Å². The molecule has 0 saturated carbocycles. The summed E-state index contributed by atoms with van der Waals surface area (Å²) in [5.74, 6) is 1.70. The molecule has 0 amide bonds. The summed E-state index contributed by atoms with van der Waals surface area (Å²) in [6, 6.07) is 9.73. The van der Waals surface area contributed by atoms with Gasteiger partial charge in [-0.25, -0.2) is 9.50 Å². The number of aromatic nitrogens is 7. The van der Waals surface area contributed by atoms with Crippen LogP contribution >= 0.6 is 0 Å². The van der Waals surface area contributed by atoms with Crippen molar-refractivity contribution in [3.05, 3.63) is 48.6 Å². The monoisotopic (exact) mass is 417 g/mol. The van der Waals surface area contributed by atoms with Crippen molar-refractivity contribution >= 4 is 28.1 Å². The first kappa shape index (κ1) is 18.0. The lowest BCUT2D eigenvalue weighted by atomic mass is 10.2. The molecule has 156 valence electrons. The van der Waals surface area contributed by atoms with Crippen molar-refractivity contribution in [2.75, 3.05) is 31.6 Å².